The van der Waals surface area contributed by atoms with Gasteiger partial charge in [0.05, 0.1) is 5.56 Å². The summed E-state index contributed by atoms with van der Waals surface area (Å²) in [6, 6.07) is 2.06. The molecule has 1 saturated heterocycles. The maximum atomic E-state index is 14.5. The van der Waals surface area contributed by atoms with E-state index in [4.69, 9.17) is 4.74 Å². The lowest BCUT2D eigenvalue weighted by atomic mass is 9.86. The zero-order chi connectivity index (χ0) is 18.1. The van der Waals surface area contributed by atoms with Crippen LogP contribution in [0, 0.1) is 17.6 Å². The quantitative estimate of drug-likeness (QED) is 0.726. The second kappa shape index (κ2) is 6.61. The van der Waals surface area contributed by atoms with E-state index in [-0.39, 0.29) is 25.9 Å². The summed E-state index contributed by atoms with van der Waals surface area (Å²) in [6.07, 6.45) is -0.510. The number of carbonyl (C=O) groups is 1. The first-order valence-corrected chi connectivity index (χ1v) is 7.82. The Morgan fingerprint density at radius 2 is 1.75 bits per heavy atom. The van der Waals surface area contributed by atoms with Gasteiger partial charge in [-0.1, -0.05) is 0 Å². The van der Waals surface area contributed by atoms with Crippen LogP contribution in [0.4, 0.5) is 22.4 Å². The molecule has 0 aliphatic carbocycles. The zero-order valence-electron chi connectivity index (χ0n) is 13.9. The molecule has 24 heavy (non-hydrogen) atoms. The molecule has 1 heterocycles. The summed E-state index contributed by atoms with van der Waals surface area (Å²) in [5, 5.41) is 0. The molecule has 0 N–H and O–H groups in total. The van der Waals surface area contributed by atoms with E-state index in [0.29, 0.717) is 6.07 Å². The van der Waals surface area contributed by atoms with Crippen molar-refractivity contribution in [3.63, 3.8) is 0 Å². The van der Waals surface area contributed by atoms with Crippen LogP contribution in [0.3, 0.4) is 0 Å². The Kier molecular flexibility index (Phi) is 5.11. The van der Waals surface area contributed by atoms with E-state index in [0.717, 1.165) is 12.1 Å². The van der Waals surface area contributed by atoms with Gasteiger partial charge in [-0.15, -0.1) is 0 Å². The van der Waals surface area contributed by atoms with Gasteiger partial charge in [0.15, 0.2) is 0 Å². The first-order valence-electron chi connectivity index (χ1n) is 7.82. The minimum Gasteiger partial charge on any atom is -0.444 e. The largest absolute Gasteiger partial charge is 0.444 e. The number of likely N-dealkylation sites (tertiary alicyclic amines) is 1. The van der Waals surface area contributed by atoms with Crippen molar-refractivity contribution in [2.75, 3.05) is 13.1 Å². The van der Waals surface area contributed by atoms with Crippen LogP contribution in [-0.4, -0.2) is 29.7 Å². The maximum absolute atomic E-state index is 14.5. The highest BCUT2D eigenvalue weighted by Gasteiger charge is 2.45. The van der Waals surface area contributed by atoms with Crippen molar-refractivity contribution >= 4 is 6.09 Å². The molecule has 1 fully saturated rings. The third kappa shape index (κ3) is 4.19. The molecule has 0 spiro atoms. The molecular formula is C17H21F4NO2. The SMILES string of the molecule is CC(C)(C)OC(=O)N1CCC(C(F)(F)c2ccc(F)cc2F)CC1. The van der Waals surface area contributed by atoms with Crippen molar-refractivity contribution in [1.29, 1.82) is 0 Å². The predicted octanol–water partition coefficient (Wildman–Crippen LogP) is 4.70. The summed E-state index contributed by atoms with van der Waals surface area (Å²) in [4.78, 5) is 13.3. The van der Waals surface area contributed by atoms with Gasteiger partial charge in [-0.05, 0) is 45.7 Å². The molecule has 0 saturated carbocycles. The van der Waals surface area contributed by atoms with Crippen LogP contribution in [0.2, 0.25) is 0 Å². The Labute approximate surface area is 138 Å². The fraction of sp³-hybridized carbons (Fsp3) is 0.588. The van der Waals surface area contributed by atoms with E-state index >= 15 is 0 Å². The standard InChI is InChI=1S/C17H21F4NO2/c1-16(2,3)24-15(23)22-8-6-11(7-9-22)17(20,21)13-5-4-12(18)10-14(13)19/h4-5,10-11H,6-9H2,1-3H3. The van der Waals surface area contributed by atoms with Crippen LogP contribution in [0.25, 0.3) is 0 Å². The minimum atomic E-state index is -3.42. The van der Waals surface area contributed by atoms with E-state index in [9.17, 15) is 22.4 Å². The molecule has 1 aliphatic heterocycles. The molecule has 7 heteroatoms. The molecule has 1 aromatic carbocycles. The van der Waals surface area contributed by atoms with E-state index in [1.165, 1.54) is 4.90 Å². The summed E-state index contributed by atoms with van der Waals surface area (Å²) < 4.78 is 60.9. The number of hydrogen-bond donors (Lipinski definition) is 0. The average Bonchev–Trinajstić information content (AvgIpc) is 2.45. The Morgan fingerprint density at radius 3 is 2.25 bits per heavy atom. The van der Waals surface area contributed by atoms with E-state index in [1.54, 1.807) is 20.8 Å². The van der Waals surface area contributed by atoms with Gasteiger partial charge in [-0.25, -0.2) is 22.4 Å². The second-order valence-electron chi connectivity index (χ2n) is 6.99. The average molecular weight is 347 g/mol. The fourth-order valence-corrected chi connectivity index (χ4v) is 2.73. The van der Waals surface area contributed by atoms with Crippen molar-refractivity contribution in [3.05, 3.63) is 35.4 Å². The Balaban J connectivity index is 2.04. The van der Waals surface area contributed by atoms with Gasteiger partial charge < -0.3 is 9.64 Å². The minimum absolute atomic E-state index is 0.0169. The van der Waals surface area contributed by atoms with Crippen molar-refractivity contribution in [2.24, 2.45) is 5.92 Å². The number of amides is 1. The molecule has 1 aromatic rings. The van der Waals surface area contributed by atoms with Crippen LogP contribution in [0.5, 0.6) is 0 Å². The molecule has 3 nitrogen and oxygen atoms in total. The van der Waals surface area contributed by atoms with Crippen molar-refractivity contribution in [2.45, 2.75) is 45.1 Å². The third-order valence-electron chi connectivity index (χ3n) is 3.95. The first kappa shape index (κ1) is 18.5. The lowest BCUT2D eigenvalue weighted by molar-refractivity contribution is -0.0885. The number of halogens is 4. The second-order valence-corrected chi connectivity index (χ2v) is 6.99. The number of ether oxygens (including phenoxy) is 1. The molecule has 134 valence electrons. The highest BCUT2D eigenvalue weighted by molar-refractivity contribution is 5.68. The summed E-state index contributed by atoms with van der Waals surface area (Å²) >= 11 is 0. The van der Waals surface area contributed by atoms with E-state index in [2.05, 4.69) is 0 Å². The number of benzene rings is 1. The van der Waals surface area contributed by atoms with Gasteiger partial charge in [-0.2, -0.15) is 0 Å². The van der Waals surface area contributed by atoms with Crippen molar-refractivity contribution < 1.29 is 27.1 Å². The highest BCUT2D eigenvalue weighted by Crippen LogP contribution is 2.42. The Bertz CT molecular complexity index is 605. The normalized spacial score (nSPS) is 17.0. The van der Waals surface area contributed by atoms with Gasteiger partial charge in [0.2, 0.25) is 0 Å². The highest BCUT2D eigenvalue weighted by atomic mass is 19.3. The third-order valence-corrected chi connectivity index (χ3v) is 3.95. The monoisotopic (exact) mass is 347 g/mol. The molecule has 1 amide bonds. The lowest BCUT2D eigenvalue weighted by Gasteiger charge is -2.36. The van der Waals surface area contributed by atoms with Crippen LogP contribution in [0.15, 0.2) is 18.2 Å². The number of rotatable bonds is 2. The smallest absolute Gasteiger partial charge is 0.410 e. The van der Waals surface area contributed by atoms with Gasteiger partial charge in [0, 0.05) is 25.1 Å². The summed E-state index contributed by atoms with van der Waals surface area (Å²) in [5.74, 6) is -6.69. The van der Waals surface area contributed by atoms with Crippen molar-refractivity contribution in [3.8, 4) is 0 Å². The number of carbonyl (C=O) groups excluding carboxylic acids is 1. The molecule has 0 aromatic heterocycles. The van der Waals surface area contributed by atoms with Crippen molar-refractivity contribution in [1.82, 2.24) is 4.90 Å². The molecule has 0 bridgehead atoms. The topological polar surface area (TPSA) is 29.5 Å². The van der Waals surface area contributed by atoms with Gasteiger partial charge in [-0.3, -0.25) is 0 Å². The fourth-order valence-electron chi connectivity index (χ4n) is 2.73. The summed E-state index contributed by atoms with van der Waals surface area (Å²) in [5.41, 5.74) is -1.46. The Hall–Kier alpha value is -1.79. The zero-order valence-corrected chi connectivity index (χ0v) is 13.9. The number of piperidine rings is 1. The lowest BCUT2D eigenvalue weighted by Crippen LogP contribution is -2.44. The maximum Gasteiger partial charge on any atom is 0.410 e. The van der Waals surface area contributed by atoms with Gasteiger partial charge >= 0.3 is 6.09 Å². The molecule has 0 unspecified atom stereocenters. The number of alkyl halides is 2. The predicted molar refractivity (Wildman–Crippen MR) is 80.8 cm³/mol. The number of hydrogen-bond acceptors (Lipinski definition) is 2. The van der Waals surface area contributed by atoms with E-state index in [1.807, 2.05) is 0 Å². The molecule has 2 rings (SSSR count). The molecule has 1 aliphatic rings. The van der Waals surface area contributed by atoms with Crippen LogP contribution in [0.1, 0.15) is 39.2 Å². The number of nitrogens with zero attached hydrogens (tertiary/aromatic N) is 1. The van der Waals surface area contributed by atoms with Crippen LogP contribution >= 0.6 is 0 Å². The summed E-state index contributed by atoms with van der Waals surface area (Å²) in [6.45, 7) is 5.39. The van der Waals surface area contributed by atoms with E-state index < -0.39 is 40.7 Å². The Morgan fingerprint density at radius 1 is 1.17 bits per heavy atom. The van der Waals surface area contributed by atoms with Gasteiger partial charge in [0.25, 0.3) is 5.92 Å². The van der Waals surface area contributed by atoms with Crippen LogP contribution < -0.4 is 0 Å². The molecule has 0 radical (unpaired) electrons. The van der Waals surface area contributed by atoms with Crippen LogP contribution in [-0.2, 0) is 10.7 Å². The summed E-state index contributed by atoms with van der Waals surface area (Å²) in [7, 11) is 0. The molecular weight excluding hydrogens is 326 g/mol. The molecule has 0 atom stereocenters. The first-order chi connectivity index (χ1) is 11.0. The van der Waals surface area contributed by atoms with Gasteiger partial charge in [0.1, 0.15) is 17.2 Å².